The van der Waals surface area contributed by atoms with Crippen molar-refractivity contribution in [1.82, 2.24) is 0 Å². The minimum atomic E-state index is 0.520. The molecule has 1 aromatic carbocycles. The summed E-state index contributed by atoms with van der Waals surface area (Å²) >= 11 is 11.2. The van der Waals surface area contributed by atoms with Crippen LogP contribution >= 0.6 is 23.2 Å². The zero-order valence-corrected chi connectivity index (χ0v) is 9.52. The molecule has 0 unspecified atom stereocenters. The second-order valence-electron chi connectivity index (χ2n) is 2.98. The lowest BCUT2D eigenvalue weighted by molar-refractivity contribution is 0.342. The summed E-state index contributed by atoms with van der Waals surface area (Å²) in [6.45, 7) is 0.556. The molecule has 0 N–H and O–H groups in total. The maximum Gasteiger partial charge on any atom is 0.119 e. The number of aryl methyl sites for hydroxylation is 1. The molecule has 0 aliphatic carbocycles. The summed E-state index contributed by atoms with van der Waals surface area (Å²) in [6, 6.07) is 8.06. The normalized spacial score (nSPS) is 10.1. The van der Waals surface area contributed by atoms with Gasteiger partial charge >= 0.3 is 0 Å². The van der Waals surface area contributed by atoms with E-state index in [1.807, 2.05) is 18.2 Å². The van der Waals surface area contributed by atoms with Crippen molar-refractivity contribution in [1.29, 1.82) is 0 Å². The summed E-state index contributed by atoms with van der Waals surface area (Å²) in [6.07, 6.45) is 2.00. The largest absolute Gasteiger partial charge is 0.492 e. The first-order valence-electron chi connectivity index (χ1n) is 4.70. The summed E-state index contributed by atoms with van der Waals surface area (Å²) in [5.74, 6) is 2.11. The number of alkyl halides is 2. The van der Waals surface area contributed by atoms with Gasteiger partial charge in [0, 0.05) is 5.88 Å². The maximum atomic E-state index is 5.63. The fraction of sp³-hybridized carbons (Fsp3) is 0.455. The number of hydrogen-bond acceptors (Lipinski definition) is 1. The third-order valence-electron chi connectivity index (χ3n) is 1.84. The maximum absolute atomic E-state index is 5.63. The van der Waals surface area contributed by atoms with Crippen LogP contribution in [0, 0.1) is 0 Å². The first-order chi connectivity index (χ1) is 6.86. The van der Waals surface area contributed by atoms with Gasteiger partial charge in [-0.3, -0.25) is 0 Å². The lowest BCUT2D eigenvalue weighted by Crippen LogP contribution is -1.98. The Hall–Kier alpha value is -0.400. The van der Waals surface area contributed by atoms with Crippen LogP contribution in [0.25, 0.3) is 0 Å². The van der Waals surface area contributed by atoms with Crippen molar-refractivity contribution >= 4 is 23.2 Å². The van der Waals surface area contributed by atoms with Crippen LogP contribution in [-0.2, 0) is 6.42 Å². The van der Waals surface area contributed by atoms with Gasteiger partial charge in [0.15, 0.2) is 0 Å². The van der Waals surface area contributed by atoms with E-state index in [9.17, 15) is 0 Å². The average Bonchev–Trinajstić information content (AvgIpc) is 2.24. The Labute approximate surface area is 95.0 Å². The highest BCUT2D eigenvalue weighted by atomic mass is 35.5. The molecular weight excluding hydrogens is 219 g/mol. The summed E-state index contributed by atoms with van der Waals surface area (Å²) in [7, 11) is 0. The average molecular weight is 233 g/mol. The zero-order chi connectivity index (χ0) is 10.2. The summed E-state index contributed by atoms with van der Waals surface area (Å²) < 4.78 is 5.41. The van der Waals surface area contributed by atoms with Crippen LogP contribution in [0.4, 0.5) is 0 Å². The predicted octanol–water partition coefficient (Wildman–Crippen LogP) is 3.48. The van der Waals surface area contributed by atoms with E-state index < -0.39 is 0 Å². The molecule has 0 atom stereocenters. The Morgan fingerprint density at radius 1 is 1.14 bits per heavy atom. The second kappa shape index (κ2) is 6.97. The molecule has 1 rings (SSSR count). The smallest absolute Gasteiger partial charge is 0.119 e. The Bertz CT molecular complexity index is 240. The van der Waals surface area contributed by atoms with Gasteiger partial charge in [-0.15, -0.1) is 23.2 Å². The first kappa shape index (κ1) is 11.7. The SMILES string of the molecule is ClCCCc1cccc(OCCCl)c1. The van der Waals surface area contributed by atoms with E-state index in [4.69, 9.17) is 27.9 Å². The van der Waals surface area contributed by atoms with Crippen LogP contribution < -0.4 is 4.74 Å². The van der Waals surface area contributed by atoms with Gasteiger partial charge in [0.25, 0.3) is 0 Å². The van der Waals surface area contributed by atoms with Crippen molar-refractivity contribution in [3.8, 4) is 5.75 Å². The molecule has 0 amide bonds. The summed E-state index contributed by atoms with van der Waals surface area (Å²) in [5, 5.41) is 0. The Balaban J connectivity index is 2.50. The topological polar surface area (TPSA) is 9.23 Å². The molecular formula is C11H14Cl2O. The molecule has 14 heavy (non-hydrogen) atoms. The molecule has 0 saturated carbocycles. The van der Waals surface area contributed by atoms with Crippen LogP contribution in [0.3, 0.4) is 0 Å². The van der Waals surface area contributed by atoms with E-state index in [-0.39, 0.29) is 0 Å². The Morgan fingerprint density at radius 2 is 2.00 bits per heavy atom. The zero-order valence-electron chi connectivity index (χ0n) is 8.01. The molecule has 0 heterocycles. The fourth-order valence-corrected chi connectivity index (χ4v) is 1.43. The molecule has 1 nitrogen and oxygen atoms in total. The number of rotatable bonds is 6. The highest BCUT2D eigenvalue weighted by Crippen LogP contribution is 2.14. The van der Waals surface area contributed by atoms with Gasteiger partial charge in [-0.25, -0.2) is 0 Å². The Kier molecular flexibility index (Phi) is 5.81. The van der Waals surface area contributed by atoms with Crippen LogP contribution in [0.5, 0.6) is 5.75 Å². The standard InChI is InChI=1S/C11H14Cl2O/c12-6-2-4-10-3-1-5-11(9-10)14-8-7-13/h1,3,5,9H,2,4,6-8H2. The Morgan fingerprint density at radius 3 is 2.71 bits per heavy atom. The second-order valence-corrected chi connectivity index (χ2v) is 3.73. The molecule has 1 aromatic rings. The number of ether oxygens (including phenoxy) is 1. The number of hydrogen-bond donors (Lipinski definition) is 0. The lowest BCUT2D eigenvalue weighted by Gasteiger charge is -2.05. The van der Waals surface area contributed by atoms with Crippen LogP contribution in [0.1, 0.15) is 12.0 Å². The minimum absolute atomic E-state index is 0.520. The molecule has 0 radical (unpaired) electrons. The molecule has 0 fully saturated rings. The van der Waals surface area contributed by atoms with Crippen molar-refractivity contribution in [3.05, 3.63) is 29.8 Å². The summed E-state index contributed by atoms with van der Waals surface area (Å²) in [5.41, 5.74) is 1.26. The molecule has 0 saturated heterocycles. The van der Waals surface area contributed by atoms with Crippen molar-refractivity contribution < 1.29 is 4.74 Å². The highest BCUT2D eigenvalue weighted by molar-refractivity contribution is 6.18. The lowest BCUT2D eigenvalue weighted by atomic mass is 10.1. The number of benzene rings is 1. The third kappa shape index (κ3) is 4.21. The van der Waals surface area contributed by atoms with E-state index in [2.05, 4.69) is 6.07 Å². The molecule has 0 aliphatic heterocycles. The van der Waals surface area contributed by atoms with Gasteiger partial charge in [0.1, 0.15) is 12.4 Å². The van der Waals surface area contributed by atoms with Gasteiger partial charge in [-0.1, -0.05) is 12.1 Å². The fourth-order valence-electron chi connectivity index (χ4n) is 1.22. The van der Waals surface area contributed by atoms with E-state index in [1.165, 1.54) is 5.56 Å². The molecule has 0 bridgehead atoms. The van der Waals surface area contributed by atoms with E-state index in [0.29, 0.717) is 18.4 Å². The van der Waals surface area contributed by atoms with Gasteiger partial charge in [0.05, 0.1) is 5.88 Å². The van der Waals surface area contributed by atoms with Crippen molar-refractivity contribution in [2.75, 3.05) is 18.4 Å². The minimum Gasteiger partial charge on any atom is -0.492 e. The van der Waals surface area contributed by atoms with Crippen LogP contribution in [0.2, 0.25) is 0 Å². The van der Waals surface area contributed by atoms with Crippen molar-refractivity contribution in [2.24, 2.45) is 0 Å². The monoisotopic (exact) mass is 232 g/mol. The van der Waals surface area contributed by atoms with Gasteiger partial charge in [0.2, 0.25) is 0 Å². The molecule has 0 aromatic heterocycles. The first-order valence-corrected chi connectivity index (χ1v) is 5.77. The molecule has 0 aliphatic rings. The van der Waals surface area contributed by atoms with Gasteiger partial charge < -0.3 is 4.74 Å². The molecule has 0 spiro atoms. The summed E-state index contributed by atoms with van der Waals surface area (Å²) in [4.78, 5) is 0. The molecule has 78 valence electrons. The van der Waals surface area contributed by atoms with Crippen LogP contribution in [0.15, 0.2) is 24.3 Å². The molecule has 3 heteroatoms. The van der Waals surface area contributed by atoms with Crippen molar-refractivity contribution in [2.45, 2.75) is 12.8 Å². The number of halogens is 2. The van der Waals surface area contributed by atoms with Gasteiger partial charge in [-0.05, 0) is 30.5 Å². The predicted molar refractivity (Wildman–Crippen MR) is 61.7 cm³/mol. The van der Waals surface area contributed by atoms with Crippen LogP contribution in [-0.4, -0.2) is 18.4 Å². The van der Waals surface area contributed by atoms with Crippen molar-refractivity contribution in [3.63, 3.8) is 0 Å². The van der Waals surface area contributed by atoms with Gasteiger partial charge in [-0.2, -0.15) is 0 Å². The third-order valence-corrected chi connectivity index (χ3v) is 2.26. The quantitative estimate of drug-likeness (QED) is 0.683. The van der Waals surface area contributed by atoms with E-state index >= 15 is 0 Å². The van der Waals surface area contributed by atoms with E-state index in [1.54, 1.807) is 0 Å². The van der Waals surface area contributed by atoms with E-state index in [0.717, 1.165) is 18.6 Å². The highest BCUT2D eigenvalue weighted by Gasteiger charge is 1.96.